The van der Waals surface area contributed by atoms with Crippen molar-refractivity contribution in [2.75, 3.05) is 6.54 Å². The first-order valence-corrected chi connectivity index (χ1v) is 7.65. The third kappa shape index (κ3) is 2.52. The van der Waals surface area contributed by atoms with Crippen LogP contribution in [0.3, 0.4) is 0 Å². The summed E-state index contributed by atoms with van der Waals surface area (Å²) in [5.74, 6) is 0.0561. The van der Waals surface area contributed by atoms with E-state index in [0.29, 0.717) is 13.0 Å². The summed E-state index contributed by atoms with van der Waals surface area (Å²) in [6, 6.07) is 5.37. The fourth-order valence-corrected chi connectivity index (χ4v) is 3.38. The van der Waals surface area contributed by atoms with Crippen molar-refractivity contribution in [1.29, 1.82) is 0 Å². The Hall–Kier alpha value is -1.91. The van der Waals surface area contributed by atoms with E-state index in [1.807, 2.05) is 18.2 Å². The van der Waals surface area contributed by atoms with Crippen molar-refractivity contribution in [3.63, 3.8) is 0 Å². The van der Waals surface area contributed by atoms with Crippen LogP contribution in [0.25, 0.3) is 0 Å². The van der Waals surface area contributed by atoms with Gasteiger partial charge in [-0.25, -0.2) is 0 Å². The van der Waals surface area contributed by atoms with Crippen molar-refractivity contribution in [2.45, 2.75) is 50.6 Å². The molecule has 1 unspecified atom stereocenters. The summed E-state index contributed by atoms with van der Waals surface area (Å²) in [6.07, 6.45) is 5.99. The van der Waals surface area contributed by atoms with Crippen LogP contribution in [-0.2, 0) is 16.0 Å². The fraction of sp³-hybridized carbons (Fsp3) is 0.562. The van der Waals surface area contributed by atoms with E-state index in [2.05, 4.69) is 10.3 Å². The van der Waals surface area contributed by atoms with E-state index in [4.69, 9.17) is 0 Å². The molecule has 2 heterocycles. The lowest BCUT2D eigenvalue weighted by Crippen LogP contribution is -2.68. The van der Waals surface area contributed by atoms with E-state index >= 15 is 0 Å². The van der Waals surface area contributed by atoms with E-state index in [0.717, 1.165) is 31.4 Å². The Morgan fingerprint density at radius 1 is 1.33 bits per heavy atom. The number of pyridine rings is 1. The van der Waals surface area contributed by atoms with Crippen molar-refractivity contribution < 1.29 is 9.59 Å². The third-order valence-electron chi connectivity index (χ3n) is 4.67. The van der Waals surface area contributed by atoms with Crippen LogP contribution in [0.2, 0.25) is 0 Å². The van der Waals surface area contributed by atoms with Gasteiger partial charge in [0.05, 0.1) is 0 Å². The number of hydrogen-bond donors (Lipinski definition) is 1. The molecular weight excluding hydrogens is 266 g/mol. The number of hydrogen-bond acceptors (Lipinski definition) is 3. The van der Waals surface area contributed by atoms with E-state index < -0.39 is 11.6 Å². The molecule has 112 valence electrons. The van der Waals surface area contributed by atoms with E-state index in [9.17, 15) is 9.59 Å². The van der Waals surface area contributed by atoms with E-state index in [-0.39, 0.29) is 11.8 Å². The maximum absolute atomic E-state index is 12.8. The Morgan fingerprint density at radius 2 is 2.10 bits per heavy atom. The molecule has 1 aliphatic carbocycles. The molecule has 1 spiro atoms. The van der Waals surface area contributed by atoms with Gasteiger partial charge in [0.15, 0.2) is 0 Å². The maximum Gasteiger partial charge on any atom is 0.249 e. The molecule has 3 rings (SSSR count). The monoisotopic (exact) mass is 287 g/mol. The molecule has 0 aromatic carbocycles. The van der Waals surface area contributed by atoms with Gasteiger partial charge in [0, 0.05) is 24.9 Å². The predicted octanol–water partition coefficient (Wildman–Crippen LogP) is 1.28. The lowest BCUT2D eigenvalue weighted by molar-refractivity contribution is -0.154. The largest absolute Gasteiger partial charge is 0.340 e. The normalized spacial score (nSPS) is 24.4. The Morgan fingerprint density at radius 3 is 2.76 bits per heavy atom. The van der Waals surface area contributed by atoms with E-state index in [1.54, 1.807) is 18.0 Å². The number of nitrogens with one attached hydrogen (secondary N) is 1. The van der Waals surface area contributed by atoms with Gasteiger partial charge in [-0.15, -0.1) is 0 Å². The zero-order valence-electron chi connectivity index (χ0n) is 12.3. The lowest BCUT2D eigenvalue weighted by atomic mass is 9.91. The smallest absolute Gasteiger partial charge is 0.249 e. The van der Waals surface area contributed by atoms with Crippen molar-refractivity contribution in [3.05, 3.63) is 30.1 Å². The maximum atomic E-state index is 12.8. The molecule has 0 bridgehead atoms. The van der Waals surface area contributed by atoms with Gasteiger partial charge in [-0.2, -0.15) is 0 Å². The minimum absolute atomic E-state index is 0.0301. The Bertz CT molecular complexity index is 538. The van der Waals surface area contributed by atoms with Gasteiger partial charge in [0.1, 0.15) is 11.6 Å². The quantitative estimate of drug-likeness (QED) is 0.911. The molecule has 21 heavy (non-hydrogen) atoms. The Kier molecular flexibility index (Phi) is 3.66. The molecule has 1 aliphatic heterocycles. The third-order valence-corrected chi connectivity index (χ3v) is 4.67. The standard InChI is InChI=1S/C16H21N3O2/c1-12-14(20)18-16(8-3-4-9-16)15(21)19(12)11-7-13-6-2-5-10-17-13/h2,5-6,10,12H,3-4,7-9,11H2,1H3,(H,18,20). The molecule has 1 aromatic rings. The van der Waals surface area contributed by atoms with Gasteiger partial charge in [-0.05, 0) is 31.9 Å². The molecule has 1 saturated heterocycles. The van der Waals surface area contributed by atoms with Gasteiger partial charge in [0.2, 0.25) is 11.8 Å². The molecule has 1 aromatic heterocycles. The summed E-state index contributed by atoms with van der Waals surface area (Å²) in [5.41, 5.74) is 0.317. The number of aromatic nitrogens is 1. The molecular formula is C16H21N3O2. The van der Waals surface area contributed by atoms with Crippen LogP contribution in [0, 0.1) is 0 Å². The van der Waals surface area contributed by atoms with Crippen molar-refractivity contribution >= 4 is 11.8 Å². The molecule has 2 fully saturated rings. The zero-order chi connectivity index (χ0) is 14.9. The van der Waals surface area contributed by atoms with Crippen LogP contribution in [-0.4, -0.2) is 39.8 Å². The predicted molar refractivity (Wildman–Crippen MR) is 78.5 cm³/mol. The Balaban J connectivity index is 1.75. The van der Waals surface area contributed by atoms with Crippen molar-refractivity contribution in [2.24, 2.45) is 0 Å². The van der Waals surface area contributed by atoms with Gasteiger partial charge in [0.25, 0.3) is 0 Å². The molecule has 5 heteroatoms. The second-order valence-electron chi connectivity index (χ2n) is 6.02. The lowest BCUT2D eigenvalue weighted by Gasteiger charge is -2.43. The summed E-state index contributed by atoms with van der Waals surface area (Å²) in [4.78, 5) is 31.0. The highest BCUT2D eigenvalue weighted by Crippen LogP contribution is 2.34. The van der Waals surface area contributed by atoms with Crippen molar-refractivity contribution in [3.8, 4) is 0 Å². The van der Waals surface area contributed by atoms with Crippen LogP contribution in [0.4, 0.5) is 0 Å². The molecule has 1 N–H and O–H groups in total. The minimum atomic E-state index is -0.631. The van der Waals surface area contributed by atoms with E-state index in [1.165, 1.54) is 0 Å². The highest BCUT2D eigenvalue weighted by Gasteiger charge is 2.50. The Labute approximate surface area is 124 Å². The van der Waals surface area contributed by atoms with Crippen LogP contribution < -0.4 is 5.32 Å². The fourth-order valence-electron chi connectivity index (χ4n) is 3.38. The summed E-state index contributed by atoms with van der Waals surface area (Å²) in [5, 5.41) is 2.97. The van der Waals surface area contributed by atoms with Gasteiger partial charge in [-0.1, -0.05) is 18.9 Å². The number of rotatable bonds is 3. The average Bonchev–Trinajstić information content (AvgIpc) is 2.96. The highest BCUT2D eigenvalue weighted by molar-refractivity contribution is 5.99. The zero-order valence-corrected chi connectivity index (χ0v) is 12.3. The first kappa shape index (κ1) is 14.0. The van der Waals surface area contributed by atoms with Gasteiger partial charge >= 0.3 is 0 Å². The second kappa shape index (κ2) is 5.47. The SMILES string of the molecule is CC1C(=O)NC2(CCCC2)C(=O)N1CCc1ccccn1. The molecule has 2 aliphatic rings. The average molecular weight is 287 g/mol. The molecule has 1 atom stereocenters. The molecule has 5 nitrogen and oxygen atoms in total. The molecule has 0 radical (unpaired) electrons. The molecule has 1 saturated carbocycles. The van der Waals surface area contributed by atoms with Crippen LogP contribution in [0.15, 0.2) is 24.4 Å². The first-order chi connectivity index (χ1) is 10.1. The van der Waals surface area contributed by atoms with Crippen LogP contribution >= 0.6 is 0 Å². The first-order valence-electron chi connectivity index (χ1n) is 7.65. The van der Waals surface area contributed by atoms with Crippen LogP contribution in [0.1, 0.15) is 38.3 Å². The number of nitrogens with zero attached hydrogens (tertiary/aromatic N) is 2. The van der Waals surface area contributed by atoms with Gasteiger partial charge < -0.3 is 10.2 Å². The minimum Gasteiger partial charge on any atom is -0.340 e. The topological polar surface area (TPSA) is 62.3 Å². The number of amides is 2. The number of piperazine rings is 1. The van der Waals surface area contributed by atoms with Gasteiger partial charge in [-0.3, -0.25) is 14.6 Å². The van der Waals surface area contributed by atoms with Crippen LogP contribution in [0.5, 0.6) is 0 Å². The summed E-state index contributed by atoms with van der Waals surface area (Å²) in [7, 11) is 0. The summed E-state index contributed by atoms with van der Waals surface area (Å²) < 4.78 is 0. The highest BCUT2D eigenvalue weighted by atomic mass is 16.2. The molecule has 2 amide bonds. The van der Waals surface area contributed by atoms with Crippen molar-refractivity contribution in [1.82, 2.24) is 15.2 Å². The summed E-state index contributed by atoms with van der Waals surface area (Å²) >= 11 is 0. The number of carbonyl (C=O) groups is 2. The number of carbonyl (C=O) groups excluding carboxylic acids is 2. The summed E-state index contributed by atoms with van der Waals surface area (Å²) in [6.45, 7) is 2.35. The second-order valence-corrected chi connectivity index (χ2v) is 6.02.